The van der Waals surface area contributed by atoms with Gasteiger partial charge in [0.1, 0.15) is 5.69 Å². The van der Waals surface area contributed by atoms with Crippen LogP contribution in [0.15, 0.2) is 48.7 Å². The zero-order chi connectivity index (χ0) is 15.1. The zero-order valence-electron chi connectivity index (χ0n) is 12.0. The number of aromatic nitrogens is 1. The molecule has 0 atom stereocenters. The third kappa shape index (κ3) is 1.95. The number of hydrogen-bond donors (Lipinski definition) is 0. The van der Waals surface area contributed by atoms with Crippen LogP contribution in [0, 0.1) is 0 Å². The molecule has 0 radical (unpaired) electrons. The van der Waals surface area contributed by atoms with Crippen LogP contribution in [0.5, 0.6) is 0 Å². The Morgan fingerprint density at radius 3 is 2.10 bits per heavy atom. The number of pyridine rings is 1. The second kappa shape index (κ2) is 4.67. The van der Waals surface area contributed by atoms with Gasteiger partial charge >= 0.3 is 0 Å². The van der Waals surface area contributed by atoms with Gasteiger partial charge in [0.25, 0.3) is 0 Å². The Bertz CT molecular complexity index is 673. The number of rotatable bonds is 2. The summed E-state index contributed by atoms with van der Waals surface area (Å²) < 4.78 is 0. The van der Waals surface area contributed by atoms with Gasteiger partial charge in [-0.05, 0) is 17.0 Å². The predicted octanol–water partition coefficient (Wildman–Crippen LogP) is 3.43. The molecule has 0 saturated carbocycles. The summed E-state index contributed by atoms with van der Waals surface area (Å²) in [6, 6.07) is 1.80. The highest BCUT2D eigenvalue weighted by molar-refractivity contribution is 6.28. The molecule has 102 valence electrons. The van der Waals surface area contributed by atoms with Crippen molar-refractivity contribution in [3.05, 3.63) is 65.5 Å². The Kier molecular flexibility index (Phi) is 3.30. The Morgan fingerprint density at radius 1 is 1.05 bits per heavy atom. The SMILES string of the molecule is C=CC1=C(C=C)C(=O)c2c(C(C)(C)C)ccnc2C1=O. The van der Waals surface area contributed by atoms with Crippen molar-refractivity contribution in [1.29, 1.82) is 0 Å². The minimum atomic E-state index is -0.268. The minimum absolute atomic E-state index is 0.206. The smallest absolute Gasteiger partial charge is 0.212 e. The van der Waals surface area contributed by atoms with Crippen molar-refractivity contribution < 1.29 is 9.59 Å². The Hall–Kier alpha value is -2.29. The molecule has 3 nitrogen and oxygen atoms in total. The van der Waals surface area contributed by atoms with Crippen molar-refractivity contribution in [3.8, 4) is 0 Å². The summed E-state index contributed by atoms with van der Waals surface area (Å²) in [5.41, 5.74) is 1.75. The van der Waals surface area contributed by atoms with Gasteiger partial charge in [-0.3, -0.25) is 14.6 Å². The van der Waals surface area contributed by atoms with Crippen LogP contribution in [-0.4, -0.2) is 16.6 Å². The van der Waals surface area contributed by atoms with Crippen LogP contribution in [0.25, 0.3) is 0 Å². The molecule has 0 saturated heterocycles. The molecule has 0 N–H and O–H groups in total. The first-order chi connectivity index (χ1) is 9.32. The van der Waals surface area contributed by atoms with Crippen molar-refractivity contribution in [2.75, 3.05) is 0 Å². The van der Waals surface area contributed by atoms with Crippen molar-refractivity contribution >= 4 is 11.6 Å². The average Bonchev–Trinajstić information content (AvgIpc) is 2.40. The van der Waals surface area contributed by atoms with Gasteiger partial charge in [0.05, 0.1) is 5.56 Å². The topological polar surface area (TPSA) is 47.0 Å². The molecule has 1 aromatic rings. The number of allylic oxidation sites excluding steroid dienone is 4. The van der Waals surface area contributed by atoms with E-state index in [1.807, 2.05) is 20.8 Å². The summed E-state index contributed by atoms with van der Waals surface area (Å²) in [5.74, 6) is -0.474. The molecule has 2 rings (SSSR count). The molecule has 1 aromatic heterocycles. The highest BCUT2D eigenvalue weighted by atomic mass is 16.1. The fourth-order valence-corrected chi connectivity index (χ4v) is 2.40. The quantitative estimate of drug-likeness (QED) is 0.824. The van der Waals surface area contributed by atoms with E-state index in [9.17, 15) is 9.59 Å². The van der Waals surface area contributed by atoms with Crippen molar-refractivity contribution in [2.24, 2.45) is 0 Å². The molecule has 0 fully saturated rings. The lowest BCUT2D eigenvalue weighted by Gasteiger charge is -2.26. The van der Waals surface area contributed by atoms with E-state index in [4.69, 9.17) is 0 Å². The van der Waals surface area contributed by atoms with Crippen LogP contribution in [0.4, 0.5) is 0 Å². The molecular weight excluding hydrogens is 250 g/mol. The fourth-order valence-electron chi connectivity index (χ4n) is 2.40. The fraction of sp³-hybridized carbons (Fsp3) is 0.235. The van der Waals surface area contributed by atoms with Crippen molar-refractivity contribution in [1.82, 2.24) is 4.98 Å². The molecule has 0 amide bonds. The van der Waals surface area contributed by atoms with E-state index < -0.39 is 0 Å². The second-order valence-corrected chi connectivity index (χ2v) is 5.73. The number of carbonyl (C=O) groups excluding carboxylic acids is 2. The van der Waals surface area contributed by atoms with E-state index in [1.165, 1.54) is 12.2 Å². The largest absolute Gasteiger partial charge is 0.288 e. The highest BCUT2D eigenvalue weighted by Crippen LogP contribution is 2.33. The second-order valence-electron chi connectivity index (χ2n) is 5.73. The minimum Gasteiger partial charge on any atom is -0.288 e. The van der Waals surface area contributed by atoms with Gasteiger partial charge < -0.3 is 0 Å². The van der Waals surface area contributed by atoms with Crippen molar-refractivity contribution in [3.63, 3.8) is 0 Å². The summed E-state index contributed by atoms with van der Waals surface area (Å²) >= 11 is 0. The zero-order valence-corrected chi connectivity index (χ0v) is 12.0. The predicted molar refractivity (Wildman–Crippen MR) is 79.0 cm³/mol. The third-order valence-corrected chi connectivity index (χ3v) is 3.39. The summed E-state index contributed by atoms with van der Waals surface area (Å²) in [6.07, 6.45) is 4.38. The van der Waals surface area contributed by atoms with Crippen LogP contribution in [-0.2, 0) is 5.41 Å². The van der Waals surface area contributed by atoms with Crippen molar-refractivity contribution in [2.45, 2.75) is 26.2 Å². The first-order valence-electron chi connectivity index (χ1n) is 6.41. The van der Waals surface area contributed by atoms with E-state index in [-0.39, 0.29) is 28.2 Å². The van der Waals surface area contributed by atoms with Crippen LogP contribution in [0.3, 0.4) is 0 Å². The summed E-state index contributed by atoms with van der Waals surface area (Å²) in [7, 11) is 0. The van der Waals surface area contributed by atoms with Crippen LogP contribution in [0.2, 0.25) is 0 Å². The van der Waals surface area contributed by atoms with Gasteiger partial charge in [-0.2, -0.15) is 0 Å². The molecule has 0 aliphatic heterocycles. The maximum Gasteiger partial charge on any atom is 0.212 e. The molecule has 0 spiro atoms. The van der Waals surface area contributed by atoms with Gasteiger partial charge in [-0.1, -0.05) is 46.1 Å². The molecule has 1 heterocycles. The molecule has 20 heavy (non-hydrogen) atoms. The Labute approximate surface area is 118 Å². The van der Waals surface area contributed by atoms with Gasteiger partial charge in [-0.15, -0.1) is 0 Å². The number of carbonyl (C=O) groups is 2. The summed E-state index contributed by atoms with van der Waals surface area (Å²) in [5, 5.41) is 0. The molecule has 3 heteroatoms. The maximum atomic E-state index is 12.7. The number of fused-ring (bicyclic) bond motifs is 1. The lowest BCUT2D eigenvalue weighted by atomic mass is 9.77. The van der Waals surface area contributed by atoms with E-state index in [2.05, 4.69) is 18.1 Å². The average molecular weight is 267 g/mol. The van der Waals surface area contributed by atoms with E-state index in [0.717, 1.165) is 5.56 Å². The maximum absolute atomic E-state index is 12.7. The summed E-state index contributed by atoms with van der Waals surface area (Å²) in [6.45, 7) is 13.2. The van der Waals surface area contributed by atoms with E-state index in [1.54, 1.807) is 12.3 Å². The number of hydrogen-bond acceptors (Lipinski definition) is 3. The number of ketones is 2. The Balaban J connectivity index is 2.84. The molecule has 0 aromatic carbocycles. The third-order valence-electron chi connectivity index (χ3n) is 3.39. The summed E-state index contributed by atoms with van der Waals surface area (Å²) in [4.78, 5) is 29.2. The van der Waals surface area contributed by atoms with Crippen LogP contribution in [0.1, 0.15) is 47.2 Å². The first kappa shape index (κ1) is 14.1. The molecule has 0 unspecified atom stereocenters. The number of Topliss-reactive ketones (excluding diaryl/α,β-unsaturated/α-hetero) is 2. The van der Waals surface area contributed by atoms with Gasteiger partial charge in [0, 0.05) is 17.3 Å². The van der Waals surface area contributed by atoms with E-state index in [0.29, 0.717) is 11.1 Å². The Morgan fingerprint density at radius 2 is 1.60 bits per heavy atom. The van der Waals surface area contributed by atoms with Gasteiger partial charge in [-0.25, -0.2) is 0 Å². The lowest BCUT2D eigenvalue weighted by Crippen LogP contribution is -2.27. The molecule has 0 bridgehead atoms. The van der Waals surface area contributed by atoms with E-state index >= 15 is 0 Å². The van der Waals surface area contributed by atoms with Gasteiger partial charge in [0.15, 0.2) is 5.78 Å². The lowest BCUT2D eigenvalue weighted by molar-refractivity contribution is 0.0975. The normalized spacial score (nSPS) is 15.2. The highest BCUT2D eigenvalue weighted by Gasteiger charge is 2.35. The van der Waals surface area contributed by atoms with Gasteiger partial charge in [0.2, 0.25) is 5.78 Å². The van der Waals surface area contributed by atoms with Crippen LogP contribution >= 0.6 is 0 Å². The molecular formula is C17H17NO2. The number of nitrogens with zero attached hydrogens (tertiary/aromatic N) is 1. The first-order valence-corrected chi connectivity index (χ1v) is 6.41. The molecule has 1 aliphatic rings. The standard InChI is InChI=1S/C17H17NO2/c1-6-10-11(7-2)16(20)14-13(15(10)19)12(8-9-18-14)17(3,4)5/h6-9H,1-2H2,3-5H3. The monoisotopic (exact) mass is 267 g/mol. The van der Waals surface area contributed by atoms with Crippen LogP contribution < -0.4 is 0 Å². The molecule has 1 aliphatic carbocycles.